The summed E-state index contributed by atoms with van der Waals surface area (Å²) in [5.41, 5.74) is 1.15. The highest BCUT2D eigenvalue weighted by molar-refractivity contribution is 5.52. The van der Waals surface area contributed by atoms with E-state index in [2.05, 4.69) is 40.4 Å². The van der Waals surface area contributed by atoms with E-state index in [0.29, 0.717) is 6.04 Å². The molecule has 0 aromatic carbocycles. The molecule has 0 aliphatic carbocycles. The average Bonchev–Trinajstić information content (AvgIpc) is 2.82. The molecule has 0 spiro atoms. The Kier molecular flexibility index (Phi) is 4.81. The molecule has 1 fully saturated rings. The van der Waals surface area contributed by atoms with Gasteiger partial charge in [0.2, 0.25) is 0 Å². The van der Waals surface area contributed by atoms with E-state index in [0.717, 1.165) is 24.6 Å². The van der Waals surface area contributed by atoms with Crippen molar-refractivity contribution in [2.75, 3.05) is 36.8 Å². The molecule has 0 radical (unpaired) electrons. The van der Waals surface area contributed by atoms with Gasteiger partial charge < -0.3 is 15.5 Å². The van der Waals surface area contributed by atoms with Crippen molar-refractivity contribution < 1.29 is 0 Å². The molecule has 2 heterocycles. The van der Waals surface area contributed by atoms with E-state index in [1.165, 1.54) is 25.9 Å². The van der Waals surface area contributed by atoms with Gasteiger partial charge in [0.15, 0.2) is 0 Å². The number of nitrogens with zero attached hydrogens (tertiary/aromatic N) is 2. The van der Waals surface area contributed by atoms with Crippen LogP contribution in [0.15, 0.2) is 18.3 Å². The van der Waals surface area contributed by atoms with E-state index in [9.17, 15) is 0 Å². The number of pyridine rings is 1. The molecule has 2 rings (SSSR count). The van der Waals surface area contributed by atoms with Crippen LogP contribution in [0.25, 0.3) is 0 Å². The first-order chi connectivity index (χ1) is 8.78. The maximum absolute atomic E-state index is 4.28. The van der Waals surface area contributed by atoms with Gasteiger partial charge in [0.25, 0.3) is 0 Å². The van der Waals surface area contributed by atoms with E-state index in [1.54, 1.807) is 0 Å². The van der Waals surface area contributed by atoms with Crippen molar-refractivity contribution >= 4 is 11.5 Å². The second kappa shape index (κ2) is 6.59. The molecule has 1 aromatic rings. The van der Waals surface area contributed by atoms with Gasteiger partial charge in [-0.05, 0) is 45.8 Å². The minimum Gasteiger partial charge on any atom is -0.381 e. The van der Waals surface area contributed by atoms with Gasteiger partial charge in [-0.1, -0.05) is 0 Å². The van der Waals surface area contributed by atoms with E-state index >= 15 is 0 Å². The van der Waals surface area contributed by atoms with Crippen molar-refractivity contribution in [3.63, 3.8) is 0 Å². The second-order valence-corrected chi connectivity index (χ2v) is 5.01. The molecule has 1 saturated heterocycles. The highest BCUT2D eigenvalue weighted by atomic mass is 15.2. The molecule has 0 bridgehead atoms. The van der Waals surface area contributed by atoms with Gasteiger partial charge in [0, 0.05) is 37.1 Å². The Balaban J connectivity index is 1.85. The van der Waals surface area contributed by atoms with Crippen LogP contribution < -0.4 is 10.6 Å². The fourth-order valence-corrected chi connectivity index (χ4v) is 2.48. The van der Waals surface area contributed by atoms with E-state index in [1.807, 2.05) is 12.3 Å². The van der Waals surface area contributed by atoms with Gasteiger partial charge >= 0.3 is 0 Å². The molecule has 100 valence electrons. The third-order valence-electron chi connectivity index (χ3n) is 3.26. The third kappa shape index (κ3) is 3.88. The normalized spacial score (nSPS) is 17.7. The predicted octanol–water partition coefficient (Wildman–Crippen LogP) is 2.41. The first-order valence-electron chi connectivity index (χ1n) is 6.96. The van der Waals surface area contributed by atoms with E-state index in [4.69, 9.17) is 0 Å². The molecule has 4 nitrogen and oxygen atoms in total. The highest BCUT2D eigenvalue weighted by Gasteiger charge is 2.14. The van der Waals surface area contributed by atoms with Crippen molar-refractivity contribution in [3.05, 3.63) is 18.3 Å². The quantitative estimate of drug-likeness (QED) is 0.811. The van der Waals surface area contributed by atoms with Crippen molar-refractivity contribution in [1.29, 1.82) is 0 Å². The summed E-state index contributed by atoms with van der Waals surface area (Å²) in [5, 5.41) is 6.78. The largest absolute Gasteiger partial charge is 0.381 e. The van der Waals surface area contributed by atoms with E-state index < -0.39 is 0 Å². The zero-order chi connectivity index (χ0) is 12.8. The summed E-state index contributed by atoms with van der Waals surface area (Å²) in [4.78, 5) is 6.81. The van der Waals surface area contributed by atoms with Gasteiger partial charge in [-0.25, -0.2) is 4.98 Å². The highest BCUT2D eigenvalue weighted by Crippen LogP contribution is 2.14. The minimum atomic E-state index is 0.472. The lowest BCUT2D eigenvalue weighted by Crippen LogP contribution is -2.32. The average molecular weight is 248 g/mol. The first kappa shape index (κ1) is 13.1. The summed E-state index contributed by atoms with van der Waals surface area (Å²) in [6.07, 6.45) is 4.56. The molecule has 1 unspecified atom stereocenters. The fraction of sp³-hybridized carbons (Fsp3) is 0.643. The smallest absolute Gasteiger partial charge is 0.127 e. The number of hydrogen-bond acceptors (Lipinski definition) is 4. The van der Waals surface area contributed by atoms with Gasteiger partial charge in [-0.15, -0.1) is 0 Å². The minimum absolute atomic E-state index is 0.472. The molecule has 1 aliphatic rings. The summed E-state index contributed by atoms with van der Waals surface area (Å²) in [7, 11) is 0. The maximum Gasteiger partial charge on any atom is 0.127 e. The summed E-state index contributed by atoms with van der Waals surface area (Å²) in [6.45, 7) is 8.86. The van der Waals surface area contributed by atoms with Crippen LogP contribution in [0.3, 0.4) is 0 Å². The Hall–Kier alpha value is -1.29. The van der Waals surface area contributed by atoms with Crippen LogP contribution in [-0.4, -0.2) is 42.1 Å². The van der Waals surface area contributed by atoms with Crippen molar-refractivity contribution in [3.8, 4) is 0 Å². The molecule has 4 heteroatoms. The van der Waals surface area contributed by atoms with Crippen molar-refractivity contribution in [2.24, 2.45) is 0 Å². The molecule has 0 saturated carbocycles. The molecular weight excluding hydrogens is 224 g/mol. The summed E-state index contributed by atoms with van der Waals surface area (Å²) < 4.78 is 0. The molecular formula is C14H24N4. The number of nitrogens with one attached hydrogen (secondary N) is 2. The third-order valence-corrected chi connectivity index (χ3v) is 3.26. The van der Waals surface area contributed by atoms with Crippen molar-refractivity contribution in [1.82, 2.24) is 9.88 Å². The molecule has 1 aliphatic heterocycles. The first-order valence-corrected chi connectivity index (χ1v) is 6.96. The van der Waals surface area contributed by atoms with Crippen LogP contribution in [0, 0.1) is 0 Å². The lowest BCUT2D eigenvalue weighted by atomic mass is 10.2. The number of likely N-dealkylation sites (tertiary alicyclic amines) is 1. The molecule has 18 heavy (non-hydrogen) atoms. The molecule has 1 atom stereocenters. The van der Waals surface area contributed by atoms with Crippen LogP contribution in [0.5, 0.6) is 0 Å². The maximum atomic E-state index is 4.28. The van der Waals surface area contributed by atoms with Gasteiger partial charge in [-0.3, -0.25) is 0 Å². The number of rotatable bonds is 6. The Labute approximate surface area is 110 Å². The van der Waals surface area contributed by atoms with Crippen LogP contribution in [-0.2, 0) is 0 Å². The summed E-state index contributed by atoms with van der Waals surface area (Å²) in [5.74, 6) is 0.941. The Morgan fingerprint density at radius 1 is 1.39 bits per heavy atom. The van der Waals surface area contributed by atoms with Gasteiger partial charge in [0.05, 0.1) is 0 Å². The topological polar surface area (TPSA) is 40.2 Å². The zero-order valence-electron chi connectivity index (χ0n) is 11.4. The lowest BCUT2D eigenvalue weighted by molar-refractivity contribution is 0.328. The SMILES string of the molecule is CCNc1cc(NC(C)CN2CCCC2)ccn1. The molecule has 1 aromatic heterocycles. The van der Waals surface area contributed by atoms with Crippen molar-refractivity contribution in [2.45, 2.75) is 32.7 Å². The second-order valence-electron chi connectivity index (χ2n) is 5.01. The molecule has 2 N–H and O–H groups in total. The molecule has 0 amide bonds. The number of hydrogen-bond donors (Lipinski definition) is 2. The standard InChI is InChI=1S/C14H24N4/c1-3-15-14-10-13(6-7-16-14)17-12(2)11-18-8-4-5-9-18/h6-7,10,12H,3-5,8-9,11H2,1-2H3,(H2,15,16,17). The predicted molar refractivity (Wildman–Crippen MR) is 77.2 cm³/mol. The lowest BCUT2D eigenvalue weighted by Gasteiger charge is -2.22. The van der Waals surface area contributed by atoms with Gasteiger partial charge in [0.1, 0.15) is 5.82 Å². The Morgan fingerprint density at radius 2 is 2.17 bits per heavy atom. The summed E-state index contributed by atoms with van der Waals surface area (Å²) >= 11 is 0. The monoisotopic (exact) mass is 248 g/mol. The Morgan fingerprint density at radius 3 is 2.89 bits per heavy atom. The van der Waals surface area contributed by atoms with Crippen LogP contribution in [0.2, 0.25) is 0 Å². The number of aromatic nitrogens is 1. The van der Waals surface area contributed by atoms with Crippen LogP contribution in [0.4, 0.5) is 11.5 Å². The van der Waals surface area contributed by atoms with Crippen LogP contribution in [0.1, 0.15) is 26.7 Å². The van der Waals surface area contributed by atoms with E-state index in [-0.39, 0.29) is 0 Å². The zero-order valence-corrected chi connectivity index (χ0v) is 11.4. The summed E-state index contributed by atoms with van der Waals surface area (Å²) in [6, 6.07) is 4.57. The van der Waals surface area contributed by atoms with Crippen LogP contribution >= 0.6 is 0 Å². The fourth-order valence-electron chi connectivity index (χ4n) is 2.48. The number of anilines is 2. The Bertz CT molecular complexity index is 361. The van der Waals surface area contributed by atoms with Gasteiger partial charge in [-0.2, -0.15) is 0 Å².